The van der Waals surface area contributed by atoms with E-state index in [-0.39, 0.29) is 34.5 Å². The lowest BCUT2D eigenvalue weighted by Crippen LogP contribution is -2.09. The van der Waals surface area contributed by atoms with Crippen LogP contribution in [0.2, 0.25) is 0 Å². The summed E-state index contributed by atoms with van der Waals surface area (Å²) in [5, 5.41) is 40.2. The molecule has 6 nitrogen and oxygen atoms in total. The summed E-state index contributed by atoms with van der Waals surface area (Å²) in [7, 11) is 0. The van der Waals surface area contributed by atoms with E-state index < -0.39 is 11.9 Å². The van der Waals surface area contributed by atoms with E-state index in [1.807, 2.05) is 27.7 Å². The van der Waals surface area contributed by atoms with Gasteiger partial charge in [-0.25, -0.2) is 9.59 Å². The van der Waals surface area contributed by atoms with Crippen LogP contribution in [0.1, 0.15) is 59.5 Å². The van der Waals surface area contributed by atoms with Gasteiger partial charge in [-0.05, 0) is 60.1 Å². The van der Waals surface area contributed by atoms with Crippen LogP contribution in [-0.2, 0) is 12.8 Å². The third kappa shape index (κ3) is 5.23. The Kier molecular flexibility index (Phi) is 7.19. The van der Waals surface area contributed by atoms with Gasteiger partial charge >= 0.3 is 11.9 Å². The number of aromatic carboxylic acids is 2. The van der Waals surface area contributed by atoms with Crippen LogP contribution in [0.5, 0.6) is 11.5 Å². The van der Waals surface area contributed by atoms with Crippen molar-refractivity contribution in [2.24, 2.45) is 11.8 Å². The molecular weight excluding hydrogens is 392 g/mol. The van der Waals surface area contributed by atoms with E-state index in [0.717, 1.165) is 11.8 Å². The number of rotatable bonds is 8. The van der Waals surface area contributed by atoms with Crippen molar-refractivity contribution >= 4 is 23.7 Å². The minimum absolute atomic E-state index is 0.0817. The number of benzene rings is 2. The molecule has 156 valence electrons. The molecule has 2 aromatic carbocycles. The van der Waals surface area contributed by atoms with E-state index in [4.69, 9.17) is 0 Å². The van der Waals surface area contributed by atoms with Crippen LogP contribution in [0, 0.1) is 11.8 Å². The van der Waals surface area contributed by atoms with E-state index in [0.29, 0.717) is 33.8 Å². The molecule has 0 saturated heterocycles. The maximum Gasteiger partial charge on any atom is 0.336 e. The predicted molar refractivity (Wildman–Crippen MR) is 111 cm³/mol. The van der Waals surface area contributed by atoms with Crippen LogP contribution in [0.15, 0.2) is 34.1 Å². The fourth-order valence-corrected chi connectivity index (χ4v) is 4.37. The van der Waals surface area contributed by atoms with Gasteiger partial charge in [-0.1, -0.05) is 39.5 Å². The predicted octanol–water partition coefficient (Wildman–Crippen LogP) is 5.04. The molecule has 0 aliphatic rings. The first kappa shape index (κ1) is 22.6. The molecule has 2 aromatic rings. The second-order valence-electron chi connectivity index (χ2n) is 7.79. The minimum atomic E-state index is -1.10. The molecule has 0 bridgehead atoms. The van der Waals surface area contributed by atoms with E-state index >= 15 is 0 Å². The van der Waals surface area contributed by atoms with Crippen molar-refractivity contribution in [2.45, 2.75) is 50.3 Å². The number of hydrogen-bond acceptors (Lipinski definition) is 5. The first-order chi connectivity index (χ1) is 13.5. The fourth-order valence-electron chi connectivity index (χ4n) is 3.18. The van der Waals surface area contributed by atoms with Crippen LogP contribution < -0.4 is 0 Å². The molecule has 0 aromatic heterocycles. The molecule has 0 aliphatic carbocycles. The van der Waals surface area contributed by atoms with E-state index in [1.165, 1.54) is 24.3 Å². The van der Waals surface area contributed by atoms with Crippen LogP contribution in [0.25, 0.3) is 0 Å². The molecule has 0 radical (unpaired) electrons. The number of carbonyl (C=O) groups is 2. The summed E-state index contributed by atoms with van der Waals surface area (Å²) >= 11 is 1.01. The van der Waals surface area contributed by atoms with Crippen molar-refractivity contribution in [3.05, 3.63) is 46.5 Å². The smallest absolute Gasteiger partial charge is 0.336 e. The van der Waals surface area contributed by atoms with E-state index in [2.05, 4.69) is 0 Å². The second-order valence-corrected chi connectivity index (χ2v) is 8.81. The third-order valence-electron chi connectivity index (χ3n) is 4.37. The van der Waals surface area contributed by atoms with Gasteiger partial charge in [0.1, 0.15) is 11.5 Å². The van der Waals surface area contributed by atoms with Gasteiger partial charge in [0.2, 0.25) is 0 Å². The molecule has 0 fully saturated rings. The minimum Gasteiger partial charge on any atom is -0.507 e. The van der Waals surface area contributed by atoms with Gasteiger partial charge in [-0.3, -0.25) is 0 Å². The zero-order valence-corrected chi connectivity index (χ0v) is 17.7. The van der Waals surface area contributed by atoms with E-state index in [9.17, 15) is 30.0 Å². The summed E-state index contributed by atoms with van der Waals surface area (Å²) in [6, 6.07) is 5.36. The number of phenolic OH excluding ortho intramolecular Hbond substituents is 2. The lowest BCUT2D eigenvalue weighted by atomic mass is 9.97. The zero-order valence-electron chi connectivity index (χ0n) is 16.9. The lowest BCUT2D eigenvalue weighted by Gasteiger charge is -2.19. The number of hydrogen-bond donors (Lipinski definition) is 4. The third-order valence-corrected chi connectivity index (χ3v) is 5.69. The van der Waals surface area contributed by atoms with Crippen LogP contribution in [0.4, 0.5) is 0 Å². The van der Waals surface area contributed by atoms with Crippen molar-refractivity contribution in [1.29, 1.82) is 0 Å². The highest BCUT2D eigenvalue weighted by Gasteiger charge is 2.24. The summed E-state index contributed by atoms with van der Waals surface area (Å²) in [5.41, 5.74) is 1.10. The highest BCUT2D eigenvalue weighted by atomic mass is 32.2. The van der Waals surface area contributed by atoms with Gasteiger partial charge in [-0.15, -0.1) is 0 Å². The van der Waals surface area contributed by atoms with Crippen LogP contribution >= 0.6 is 11.8 Å². The molecule has 0 spiro atoms. The van der Waals surface area contributed by atoms with Crippen molar-refractivity contribution in [2.75, 3.05) is 0 Å². The van der Waals surface area contributed by atoms with Crippen molar-refractivity contribution in [1.82, 2.24) is 0 Å². The van der Waals surface area contributed by atoms with Crippen LogP contribution in [-0.4, -0.2) is 32.4 Å². The zero-order chi connectivity index (χ0) is 21.9. The quantitative estimate of drug-likeness (QED) is 0.474. The Hall–Kier alpha value is -2.67. The Balaban J connectivity index is 2.73. The van der Waals surface area contributed by atoms with Crippen molar-refractivity contribution < 1.29 is 30.0 Å². The molecule has 2 rings (SSSR count). The van der Waals surface area contributed by atoms with Gasteiger partial charge in [-0.2, -0.15) is 0 Å². The van der Waals surface area contributed by atoms with E-state index in [1.54, 1.807) is 0 Å². The summed E-state index contributed by atoms with van der Waals surface area (Å²) in [6.45, 7) is 7.77. The molecular formula is C22H26O6S. The first-order valence-electron chi connectivity index (χ1n) is 9.37. The van der Waals surface area contributed by atoms with Gasteiger partial charge < -0.3 is 20.4 Å². The van der Waals surface area contributed by atoms with Gasteiger partial charge in [0.05, 0.1) is 20.9 Å². The highest BCUT2D eigenvalue weighted by Crippen LogP contribution is 2.45. The Morgan fingerprint density at radius 3 is 1.38 bits per heavy atom. The molecule has 0 atom stereocenters. The van der Waals surface area contributed by atoms with Crippen molar-refractivity contribution in [3.63, 3.8) is 0 Å². The number of carboxylic acids is 2. The molecule has 0 amide bonds. The summed E-state index contributed by atoms with van der Waals surface area (Å²) < 4.78 is 0. The Morgan fingerprint density at radius 2 is 1.10 bits per heavy atom. The number of carboxylic acid groups (broad SMARTS) is 2. The fraction of sp³-hybridized carbons (Fsp3) is 0.364. The standard InChI is InChI=1S/C22H26O6S/c1-11(2)9-15-13(21(25)26)5-7-17(23)19(15)29-20-16(10-12(3)4)14(22(27)28)6-8-18(20)24/h5-8,11-12,23-24H,9-10H2,1-4H3,(H,25,26)(H,27,28). The Morgan fingerprint density at radius 1 is 0.759 bits per heavy atom. The van der Waals surface area contributed by atoms with Gasteiger partial charge in [0, 0.05) is 0 Å². The topological polar surface area (TPSA) is 115 Å². The van der Waals surface area contributed by atoms with Crippen molar-refractivity contribution in [3.8, 4) is 11.5 Å². The molecule has 0 heterocycles. The number of phenols is 2. The maximum absolute atomic E-state index is 11.7. The molecule has 29 heavy (non-hydrogen) atoms. The molecule has 0 aliphatic heterocycles. The summed E-state index contributed by atoms with van der Waals surface area (Å²) in [6.07, 6.45) is 0.828. The van der Waals surface area contributed by atoms with Crippen LogP contribution in [0.3, 0.4) is 0 Å². The number of aromatic hydroxyl groups is 2. The summed E-state index contributed by atoms with van der Waals surface area (Å²) in [5.74, 6) is -2.16. The normalized spacial score (nSPS) is 11.2. The summed E-state index contributed by atoms with van der Waals surface area (Å²) in [4.78, 5) is 24.1. The van der Waals surface area contributed by atoms with Gasteiger partial charge in [0.15, 0.2) is 0 Å². The average Bonchev–Trinajstić information content (AvgIpc) is 2.58. The largest absolute Gasteiger partial charge is 0.507 e. The molecule has 7 heteroatoms. The Bertz CT molecular complexity index is 858. The lowest BCUT2D eigenvalue weighted by molar-refractivity contribution is 0.0684. The Labute approximate surface area is 174 Å². The SMILES string of the molecule is CC(C)Cc1c(C(=O)O)ccc(O)c1Sc1c(O)ccc(C(=O)O)c1CC(C)C. The monoisotopic (exact) mass is 418 g/mol. The maximum atomic E-state index is 11.7. The first-order valence-corrected chi connectivity index (χ1v) is 10.2. The van der Waals surface area contributed by atoms with Gasteiger partial charge in [0.25, 0.3) is 0 Å². The highest BCUT2D eigenvalue weighted by molar-refractivity contribution is 7.99. The molecule has 4 N–H and O–H groups in total. The molecule has 0 unspecified atom stereocenters. The second kappa shape index (κ2) is 9.22. The molecule has 0 saturated carbocycles. The average molecular weight is 419 g/mol.